The number of furan rings is 1. The van der Waals surface area contributed by atoms with Crippen molar-refractivity contribution in [3.63, 3.8) is 0 Å². The van der Waals surface area contributed by atoms with E-state index in [2.05, 4.69) is 44.3 Å². The van der Waals surface area contributed by atoms with Crippen LogP contribution < -0.4 is 5.32 Å². The van der Waals surface area contributed by atoms with Crippen molar-refractivity contribution in [2.24, 2.45) is 0 Å². The van der Waals surface area contributed by atoms with Gasteiger partial charge in [0.25, 0.3) is 0 Å². The molecule has 0 saturated heterocycles. The molecule has 0 bridgehead atoms. The van der Waals surface area contributed by atoms with Crippen LogP contribution in [0.4, 0.5) is 5.69 Å². The second-order valence-electron chi connectivity index (χ2n) is 5.13. The van der Waals surface area contributed by atoms with E-state index in [0.717, 1.165) is 25.0 Å². The monoisotopic (exact) mass is 257 g/mol. The molecule has 2 aromatic rings. The van der Waals surface area contributed by atoms with Crippen LogP contribution in [0.3, 0.4) is 0 Å². The quantitative estimate of drug-likeness (QED) is 0.819. The van der Waals surface area contributed by atoms with E-state index in [1.165, 1.54) is 16.8 Å². The molecule has 1 aromatic carbocycles. The number of anilines is 1. The average molecular weight is 257 g/mol. The van der Waals surface area contributed by atoms with Crippen molar-refractivity contribution in [3.05, 3.63) is 53.5 Å². The summed E-state index contributed by atoms with van der Waals surface area (Å²) in [6.07, 6.45) is 4.86. The summed E-state index contributed by atoms with van der Waals surface area (Å²) in [6, 6.07) is 10.9. The number of nitrogens with one attached hydrogen (secondary N) is 1. The molecule has 2 heteroatoms. The van der Waals surface area contributed by atoms with E-state index in [0.29, 0.717) is 6.04 Å². The predicted octanol–water partition coefficient (Wildman–Crippen LogP) is 4.58. The zero-order chi connectivity index (χ0) is 13.7. The van der Waals surface area contributed by atoms with Crippen LogP contribution in [0.25, 0.3) is 0 Å². The molecule has 0 aliphatic rings. The molecule has 0 spiro atoms. The number of benzene rings is 1. The summed E-state index contributed by atoms with van der Waals surface area (Å²) in [6.45, 7) is 6.60. The lowest BCUT2D eigenvalue weighted by Crippen LogP contribution is -2.17. The molecule has 0 aliphatic carbocycles. The van der Waals surface area contributed by atoms with Crippen molar-refractivity contribution in [2.75, 3.05) is 5.32 Å². The average Bonchev–Trinajstić information content (AvgIpc) is 2.92. The van der Waals surface area contributed by atoms with Crippen molar-refractivity contribution in [1.82, 2.24) is 0 Å². The van der Waals surface area contributed by atoms with Crippen molar-refractivity contribution >= 4 is 5.69 Å². The third-order valence-corrected chi connectivity index (χ3v) is 3.53. The van der Waals surface area contributed by atoms with Crippen LogP contribution >= 0.6 is 0 Å². The van der Waals surface area contributed by atoms with E-state index in [4.69, 9.17) is 4.42 Å². The lowest BCUT2D eigenvalue weighted by molar-refractivity contribution is 0.495. The van der Waals surface area contributed by atoms with Crippen LogP contribution in [0.1, 0.15) is 37.2 Å². The van der Waals surface area contributed by atoms with Crippen LogP contribution in [0.5, 0.6) is 0 Å². The Morgan fingerprint density at radius 3 is 2.74 bits per heavy atom. The van der Waals surface area contributed by atoms with Gasteiger partial charge in [0.2, 0.25) is 0 Å². The molecule has 19 heavy (non-hydrogen) atoms. The fraction of sp³-hybridized carbons (Fsp3) is 0.412. The number of hydrogen-bond donors (Lipinski definition) is 1. The van der Waals surface area contributed by atoms with Gasteiger partial charge < -0.3 is 9.73 Å². The Labute approximate surface area is 115 Å². The lowest BCUT2D eigenvalue weighted by Gasteiger charge is -2.19. The molecule has 1 unspecified atom stereocenters. The van der Waals surface area contributed by atoms with E-state index in [1.54, 1.807) is 6.26 Å². The van der Waals surface area contributed by atoms with Crippen molar-refractivity contribution in [1.29, 1.82) is 0 Å². The SMILES string of the molecule is CCc1cccc(C)c1NC(C)CCc1ccco1. The minimum Gasteiger partial charge on any atom is -0.469 e. The van der Waals surface area contributed by atoms with Crippen molar-refractivity contribution in [2.45, 2.75) is 46.1 Å². The standard InChI is InChI=1S/C17H23NO/c1-4-15-8-5-7-13(2)17(15)18-14(3)10-11-16-9-6-12-19-16/h5-9,12,14,18H,4,10-11H2,1-3H3. The van der Waals surface area contributed by atoms with Gasteiger partial charge in [0.05, 0.1) is 6.26 Å². The first kappa shape index (κ1) is 13.7. The van der Waals surface area contributed by atoms with Gasteiger partial charge in [0, 0.05) is 18.2 Å². The molecule has 1 heterocycles. The Kier molecular flexibility index (Phi) is 4.67. The van der Waals surface area contributed by atoms with Gasteiger partial charge >= 0.3 is 0 Å². The smallest absolute Gasteiger partial charge is 0.103 e. The van der Waals surface area contributed by atoms with Gasteiger partial charge in [-0.2, -0.15) is 0 Å². The molecule has 2 nitrogen and oxygen atoms in total. The highest BCUT2D eigenvalue weighted by Gasteiger charge is 2.08. The Balaban J connectivity index is 1.96. The zero-order valence-corrected chi connectivity index (χ0v) is 12.1. The van der Waals surface area contributed by atoms with Gasteiger partial charge in [0.15, 0.2) is 0 Å². The molecule has 102 valence electrons. The highest BCUT2D eigenvalue weighted by atomic mass is 16.3. The van der Waals surface area contributed by atoms with Gasteiger partial charge in [-0.05, 0) is 49.9 Å². The minimum atomic E-state index is 0.441. The molecule has 1 N–H and O–H groups in total. The molecule has 0 fully saturated rings. The maximum Gasteiger partial charge on any atom is 0.103 e. The summed E-state index contributed by atoms with van der Waals surface area (Å²) < 4.78 is 5.37. The maximum atomic E-state index is 5.37. The Morgan fingerprint density at radius 1 is 1.21 bits per heavy atom. The van der Waals surface area contributed by atoms with E-state index >= 15 is 0 Å². The Morgan fingerprint density at radius 2 is 2.05 bits per heavy atom. The second-order valence-corrected chi connectivity index (χ2v) is 5.13. The number of hydrogen-bond acceptors (Lipinski definition) is 2. The highest BCUT2D eigenvalue weighted by molar-refractivity contribution is 5.57. The van der Waals surface area contributed by atoms with E-state index in [1.807, 2.05) is 12.1 Å². The minimum absolute atomic E-state index is 0.441. The summed E-state index contributed by atoms with van der Waals surface area (Å²) in [5.41, 5.74) is 4.02. The van der Waals surface area contributed by atoms with Gasteiger partial charge in [-0.25, -0.2) is 0 Å². The van der Waals surface area contributed by atoms with Gasteiger partial charge in [0.1, 0.15) is 5.76 Å². The Hall–Kier alpha value is -1.70. The first-order valence-electron chi connectivity index (χ1n) is 7.08. The van der Waals surface area contributed by atoms with E-state index < -0.39 is 0 Å². The topological polar surface area (TPSA) is 25.2 Å². The summed E-state index contributed by atoms with van der Waals surface area (Å²) >= 11 is 0. The van der Waals surface area contributed by atoms with Gasteiger partial charge in [-0.15, -0.1) is 0 Å². The molecule has 0 aliphatic heterocycles. The molecule has 0 amide bonds. The number of aryl methyl sites for hydroxylation is 3. The second kappa shape index (κ2) is 6.46. The maximum absolute atomic E-state index is 5.37. The molecule has 0 radical (unpaired) electrons. The zero-order valence-electron chi connectivity index (χ0n) is 12.1. The molecule has 0 saturated carbocycles. The third-order valence-electron chi connectivity index (χ3n) is 3.53. The fourth-order valence-electron chi connectivity index (χ4n) is 2.36. The molecule has 1 aromatic heterocycles. The fourth-order valence-corrected chi connectivity index (χ4v) is 2.36. The molecular formula is C17H23NO. The van der Waals surface area contributed by atoms with Gasteiger partial charge in [-0.3, -0.25) is 0 Å². The Bertz CT molecular complexity index is 502. The predicted molar refractivity (Wildman–Crippen MR) is 80.7 cm³/mol. The van der Waals surface area contributed by atoms with Crippen LogP contribution in [-0.4, -0.2) is 6.04 Å². The van der Waals surface area contributed by atoms with Crippen molar-refractivity contribution in [3.8, 4) is 0 Å². The molecule has 2 rings (SSSR count). The van der Waals surface area contributed by atoms with E-state index in [-0.39, 0.29) is 0 Å². The van der Waals surface area contributed by atoms with Crippen LogP contribution in [0, 0.1) is 6.92 Å². The summed E-state index contributed by atoms with van der Waals surface area (Å²) in [4.78, 5) is 0. The number of rotatable bonds is 6. The molecule has 1 atom stereocenters. The normalized spacial score (nSPS) is 12.4. The van der Waals surface area contributed by atoms with Crippen LogP contribution in [0.2, 0.25) is 0 Å². The van der Waals surface area contributed by atoms with Crippen LogP contribution in [-0.2, 0) is 12.8 Å². The largest absolute Gasteiger partial charge is 0.469 e. The van der Waals surface area contributed by atoms with Crippen LogP contribution in [0.15, 0.2) is 41.0 Å². The summed E-state index contributed by atoms with van der Waals surface area (Å²) in [5, 5.41) is 3.65. The summed E-state index contributed by atoms with van der Waals surface area (Å²) in [5.74, 6) is 1.06. The first-order valence-corrected chi connectivity index (χ1v) is 7.08. The van der Waals surface area contributed by atoms with Gasteiger partial charge in [-0.1, -0.05) is 25.1 Å². The lowest BCUT2D eigenvalue weighted by atomic mass is 10.0. The third kappa shape index (κ3) is 3.63. The van der Waals surface area contributed by atoms with E-state index in [9.17, 15) is 0 Å². The first-order chi connectivity index (χ1) is 9.20. The summed E-state index contributed by atoms with van der Waals surface area (Å²) in [7, 11) is 0. The highest BCUT2D eigenvalue weighted by Crippen LogP contribution is 2.22. The van der Waals surface area contributed by atoms with Crippen molar-refractivity contribution < 1.29 is 4.42 Å². The number of para-hydroxylation sites is 1. The molecular weight excluding hydrogens is 234 g/mol.